The van der Waals surface area contributed by atoms with Gasteiger partial charge in [0.05, 0.1) is 11.1 Å². The molecule has 2 aromatic carbocycles. The molecule has 0 saturated heterocycles. The van der Waals surface area contributed by atoms with Crippen molar-refractivity contribution in [3.05, 3.63) is 69.0 Å². The zero-order chi connectivity index (χ0) is 18.7. The molecule has 0 aliphatic carbocycles. The van der Waals surface area contributed by atoms with E-state index < -0.39 is 11.9 Å². The fourth-order valence-electron chi connectivity index (χ4n) is 2.46. The highest BCUT2D eigenvalue weighted by molar-refractivity contribution is 7.21. The summed E-state index contributed by atoms with van der Waals surface area (Å²) in [4.78, 5) is 24.6. The van der Waals surface area contributed by atoms with Crippen molar-refractivity contribution in [2.75, 3.05) is 6.61 Å². The number of halogens is 2. The third-order valence-corrected chi connectivity index (χ3v) is 5.71. The van der Waals surface area contributed by atoms with Crippen LogP contribution in [0.3, 0.4) is 0 Å². The quantitative estimate of drug-likeness (QED) is 0.588. The first-order chi connectivity index (χ1) is 12.5. The van der Waals surface area contributed by atoms with E-state index in [-0.39, 0.29) is 12.6 Å². The maximum absolute atomic E-state index is 12.2. The molecular formula is C19H15Cl2NO3S. The molecule has 0 bridgehead atoms. The van der Waals surface area contributed by atoms with Crippen molar-refractivity contribution >= 4 is 56.5 Å². The van der Waals surface area contributed by atoms with Crippen LogP contribution >= 0.6 is 34.5 Å². The van der Waals surface area contributed by atoms with E-state index in [4.69, 9.17) is 27.9 Å². The van der Waals surface area contributed by atoms with Gasteiger partial charge < -0.3 is 10.1 Å². The molecular weight excluding hydrogens is 393 g/mol. The first kappa shape index (κ1) is 18.7. The predicted octanol–water partition coefficient (Wildman–Crippen LogP) is 5.24. The average Bonchev–Trinajstić information content (AvgIpc) is 2.97. The van der Waals surface area contributed by atoms with Crippen LogP contribution in [0.15, 0.2) is 48.5 Å². The Hall–Kier alpha value is -2.08. The molecule has 0 fully saturated rings. The van der Waals surface area contributed by atoms with Crippen molar-refractivity contribution in [2.45, 2.75) is 13.0 Å². The van der Waals surface area contributed by atoms with Crippen LogP contribution in [-0.4, -0.2) is 18.5 Å². The summed E-state index contributed by atoms with van der Waals surface area (Å²) in [5.74, 6) is -0.997. The number of hydrogen-bond donors (Lipinski definition) is 1. The zero-order valence-electron chi connectivity index (χ0n) is 13.8. The molecule has 1 aromatic heterocycles. The number of benzene rings is 2. The van der Waals surface area contributed by atoms with Gasteiger partial charge in [-0.1, -0.05) is 53.5 Å². The van der Waals surface area contributed by atoms with Gasteiger partial charge in [-0.25, -0.2) is 4.79 Å². The number of esters is 1. The molecule has 0 radical (unpaired) electrons. The van der Waals surface area contributed by atoms with Gasteiger partial charge in [-0.2, -0.15) is 0 Å². The van der Waals surface area contributed by atoms with Crippen LogP contribution in [0.2, 0.25) is 10.0 Å². The largest absolute Gasteiger partial charge is 0.451 e. The van der Waals surface area contributed by atoms with Gasteiger partial charge in [-0.05, 0) is 30.7 Å². The minimum atomic E-state index is -0.606. The number of carbonyl (C=O) groups excluding carboxylic acids is 2. The highest BCUT2D eigenvalue weighted by Gasteiger charge is 2.19. The van der Waals surface area contributed by atoms with Gasteiger partial charge >= 0.3 is 5.97 Å². The highest BCUT2D eigenvalue weighted by atomic mass is 35.5. The molecule has 0 aliphatic heterocycles. The number of fused-ring (bicyclic) bond motifs is 1. The molecule has 26 heavy (non-hydrogen) atoms. The Bertz CT molecular complexity index is 953. The van der Waals surface area contributed by atoms with Gasteiger partial charge in [0.1, 0.15) is 4.88 Å². The van der Waals surface area contributed by atoms with Crippen LogP contribution in [-0.2, 0) is 9.53 Å². The molecule has 4 nitrogen and oxygen atoms in total. The Morgan fingerprint density at radius 2 is 1.81 bits per heavy atom. The fourth-order valence-corrected chi connectivity index (χ4v) is 3.99. The molecule has 0 aliphatic rings. The summed E-state index contributed by atoms with van der Waals surface area (Å²) >= 11 is 13.3. The van der Waals surface area contributed by atoms with Crippen LogP contribution in [0.1, 0.15) is 28.2 Å². The lowest BCUT2D eigenvalue weighted by Crippen LogP contribution is -2.31. The molecule has 134 valence electrons. The predicted molar refractivity (Wildman–Crippen MR) is 105 cm³/mol. The molecule has 3 aromatic rings. The van der Waals surface area contributed by atoms with E-state index in [1.54, 1.807) is 12.1 Å². The van der Waals surface area contributed by atoms with Crippen LogP contribution in [0, 0.1) is 0 Å². The molecule has 1 amide bonds. The highest BCUT2D eigenvalue weighted by Crippen LogP contribution is 2.35. The third-order valence-electron chi connectivity index (χ3n) is 3.80. The monoisotopic (exact) mass is 407 g/mol. The molecule has 1 N–H and O–H groups in total. The lowest BCUT2D eigenvalue weighted by molar-refractivity contribution is -0.124. The Morgan fingerprint density at radius 1 is 1.12 bits per heavy atom. The number of hydrogen-bond acceptors (Lipinski definition) is 4. The second kappa shape index (κ2) is 8.08. The normalized spacial score (nSPS) is 12.0. The van der Waals surface area contributed by atoms with E-state index >= 15 is 0 Å². The summed E-state index contributed by atoms with van der Waals surface area (Å²) in [5.41, 5.74) is 0.904. The maximum atomic E-state index is 12.2. The van der Waals surface area contributed by atoms with Gasteiger partial charge in [-0.15, -0.1) is 11.3 Å². The lowest BCUT2D eigenvalue weighted by Gasteiger charge is -2.14. The molecule has 1 atom stereocenters. The van der Waals surface area contributed by atoms with Gasteiger partial charge in [0.25, 0.3) is 5.91 Å². The topological polar surface area (TPSA) is 55.4 Å². The number of carbonyl (C=O) groups is 2. The molecule has 0 saturated carbocycles. The van der Waals surface area contributed by atoms with Crippen molar-refractivity contribution in [2.24, 2.45) is 0 Å². The summed E-state index contributed by atoms with van der Waals surface area (Å²) in [5, 5.41) is 4.55. The zero-order valence-corrected chi connectivity index (χ0v) is 16.1. The third kappa shape index (κ3) is 4.18. The Kier molecular flexibility index (Phi) is 5.81. The van der Waals surface area contributed by atoms with Crippen molar-refractivity contribution in [3.63, 3.8) is 0 Å². The van der Waals surface area contributed by atoms with Crippen LogP contribution < -0.4 is 5.32 Å². The Morgan fingerprint density at radius 3 is 2.50 bits per heavy atom. The van der Waals surface area contributed by atoms with E-state index in [9.17, 15) is 9.59 Å². The van der Waals surface area contributed by atoms with E-state index in [0.717, 1.165) is 15.6 Å². The van der Waals surface area contributed by atoms with Gasteiger partial charge in [0.2, 0.25) is 0 Å². The van der Waals surface area contributed by atoms with Crippen LogP contribution in [0.4, 0.5) is 0 Å². The number of thiophene rings is 1. The second-order valence-corrected chi connectivity index (χ2v) is 7.52. The van der Waals surface area contributed by atoms with Crippen LogP contribution in [0.5, 0.6) is 0 Å². The van der Waals surface area contributed by atoms with Crippen molar-refractivity contribution in [1.82, 2.24) is 5.32 Å². The molecule has 1 heterocycles. The van der Waals surface area contributed by atoms with Gasteiger partial charge in [-0.3, -0.25) is 4.79 Å². The standard InChI is InChI=1S/C19H15Cl2NO3S/c1-11(12-6-8-13(20)9-7-12)22-16(23)10-25-19(24)18-17(21)14-4-2-3-5-15(14)26-18/h2-9,11H,10H2,1H3,(H,22,23)/t11-/m1/s1. The first-order valence-electron chi connectivity index (χ1n) is 7.84. The SMILES string of the molecule is C[C@@H](NC(=O)COC(=O)c1sc2ccccc2c1Cl)c1ccc(Cl)cc1. The van der Waals surface area contributed by atoms with Gasteiger partial charge in [0.15, 0.2) is 6.61 Å². The molecule has 0 spiro atoms. The first-order valence-corrected chi connectivity index (χ1v) is 9.42. The van der Waals surface area contributed by atoms with Crippen molar-refractivity contribution < 1.29 is 14.3 Å². The van der Waals surface area contributed by atoms with Gasteiger partial charge in [0, 0.05) is 15.1 Å². The number of ether oxygens (including phenoxy) is 1. The van der Waals surface area contributed by atoms with E-state index in [0.29, 0.717) is 14.9 Å². The minimum Gasteiger partial charge on any atom is -0.451 e. The van der Waals surface area contributed by atoms with Crippen molar-refractivity contribution in [3.8, 4) is 0 Å². The average molecular weight is 408 g/mol. The maximum Gasteiger partial charge on any atom is 0.350 e. The Labute approximate surface area is 164 Å². The number of nitrogens with one attached hydrogen (secondary N) is 1. The fraction of sp³-hybridized carbons (Fsp3) is 0.158. The van der Waals surface area contributed by atoms with E-state index in [2.05, 4.69) is 5.32 Å². The summed E-state index contributed by atoms with van der Waals surface area (Å²) in [7, 11) is 0. The van der Waals surface area contributed by atoms with Crippen molar-refractivity contribution in [1.29, 1.82) is 0 Å². The minimum absolute atomic E-state index is 0.230. The Balaban J connectivity index is 1.59. The molecule has 7 heteroatoms. The lowest BCUT2D eigenvalue weighted by atomic mass is 10.1. The van der Waals surface area contributed by atoms with E-state index in [1.807, 2.05) is 43.3 Å². The number of rotatable bonds is 5. The summed E-state index contributed by atoms with van der Waals surface area (Å²) in [6, 6.07) is 14.4. The van der Waals surface area contributed by atoms with E-state index in [1.165, 1.54) is 11.3 Å². The molecule has 0 unspecified atom stereocenters. The number of amides is 1. The smallest absolute Gasteiger partial charge is 0.350 e. The second-order valence-electron chi connectivity index (χ2n) is 5.66. The summed E-state index contributed by atoms with van der Waals surface area (Å²) in [6.07, 6.45) is 0. The molecule has 3 rings (SSSR count). The summed E-state index contributed by atoms with van der Waals surface area (Å²) < 4.78 is 6.00. The van der Waals surface area contributed by atoms with Crippen LogP contribution in [0.25, 0.3) is 10.1 Å². The summed E-state index contributed by atoms with van der Waals surface area (Å²) in [6.45, 7) is 1.47.